The number of hydrazine groups is 1. The lowest BCUT2D eigenvalue weighted by atomic mass is 10.0. The molecule has 15 nitrogen and oxygen atoms in total. The first-order valence-corrected chi connectivity index (χ1v) is 13.3. The fourth-order valence-electron chi connectivity index (χ4n) is 4.63. The zero-order chi connectivity index (χ0) is 29.7. The van der Waals surface area contributed by atoms with E-state index in [-0.39, 0.29) is 37.3 Å². The van der Waals surface area contributed by atoms with Crippen LogP contribution >= 0.6 is 12.2 Å². The van der Waals surface area contributed by atoms with E-state index in [4.69, 9.17) is 41.0 Å². The Hall–Kier alpha value is -3.41. The summed E-state index contributed by atoms with van der Waals surface area (Å²) in [5.74, 6) is 3.35. The third-order valence-electron chi connectivity index (χ3n) is 6.47. The molecule has 1 aromatic rings. The first kappa shape index (κ1) is 32.8. The predicted octanol–water partition coefficient (Wildman–Crippen LogP) is -4.08. The number of nitrogens with one attached hydrogen (secondary N) is 2. The van der Waals surface area contributed by atoms with Gasteiger partial charge in [-0.05, 0) is 36.3 Å². The third kappa shape index (κ3) is 12.6. The summed E-state index contributed by atoms with van der Waals surface area (Å²) in [5, 5.41) is 3.22. The van der Waals surface area contributed by atoms with Gasteiger partial charge in [0.25, 0.3) is 0 Å². The number of anilines is 1. The second kappa shape index (κ2) is 16.6. The van der Waals surface area contributed by atoms with Crippen LogP contribution in [0.15, 0.2) is 24.3 Å². The van der Waals surface area contributed by atoms with Gasteiger partial charge >= 0.3 is 0 Å². The number of hydrogen-bond donors (Lipinski definition) is 7. The SMILES string of the molecule is NNC(=S)Nc1ccc(CC2CN(CC(N)=O)CCN(CC(N)=O)CCN(CC(N)=O)CCN2CC(N)=O)cc1. The van der Waals surface area contributed by atoms with Gasteiger partial charge in [0.1, 0.15) is 0 Å². The van der Waals surface area contributed by atoms with E-state index < -0.39 is 23.6 Å². The van der Waals surface area contributed by atoms with Crippen LogP contribution in [0.4, 0.5) is 5.69 Å². The molecule has 1 aromatic carbocycles. The van der Waals surface area contributed by atoms with Crippen molar-refractivity contribution in [2.75, 3.05) is 77.3 Å². The molecule has 222 valence electrons. The molecule has 4 amide bonds. The summed E-state index contributed by atoms with van der Waals surface area (Å²) in [6, 6.07) is 7.30. The van der Waals surface area contributed by atoms with Gasteiger partial charge in [0, 0.05) is 57.5 Å². The van der Waals surface area contributed by atoms with E-state index in [1.165, 1.54) is 0 Å². The highest BCUT2D eigenvalue weighted by atomic mass is 32.1. The molecule has 1 fully saturated rings. The Morgan fingerprint density at radius 1 is 0.725 bits per heavy atom. The first-order valence-electron chi connectivity index (χ1n) is 12.9. The highest BCUT2D eigenvalue weighted by Gasteiger charge is 2.26. The molecule has 1 saturated heterocycles. The van der Waals surface area contributed by atoms with E-state index in [2.05, 4.69) is 10.7 Å². The van der Waals surface area contributed by atoms with E-state index in [9.17, 15) is 19.2 Å². The molecule has 40 heavy (non-hydrogen) atoms. The fraction of sp³-hybridized carbons (Fsp3) is 0.542. The summed E-state index contributed by atoms with van der Waals surface area (Å²) in [6.45, 7) is 2.94. The zero-order valence-electron chi connectivity index (χ0n) is 22.6. The Balaban J connectivity index is 2.38. The standard InChI is InChI=1S/C24H41N11O4S/c25-20(36)13-32-5-6-33(14-21(26)37)9-10-35(16-23(28)39)19(12-34(8-7-32)15-22(27)38)11-17-1-3-18(4-2-17)30-24(40)31-29/h1-4,19H,5-16,29H2,(H2,25,36)(H2,26,37)(H2,27,38)(H2,28,39)(H2,30,31,40). The third-order valence-corrected chi connectivity index (χ3v) is 6.69. The number of carbonyl (C=O) groups is 4. The molecule has 1 atom stereocenters. The van der Waals surface area contributed by atoms with E-state index in [0.29, 0.717) is 52.2 Å². The second-order valence-electron chi connectivity index (χ2n) is 9.78. The summed E-state index contributed by atoms with van der Waals surface area (Å²) in [7, 11) is 0. The van der Waals surface area contributed by atoms with E-state index in [1.807, 2.05) is 43.9 Å². The van der Waals surface area contributed by atoms with Gasteiger partial charge in [0.05, 0.1) is 26.2 Å². The number of hydrogen-bond acceptors (Lipinski definition) is 10. The average molecular weight is 580 g/mol. The maximum atomic E-state index is 12.1. The van der Waals surface area contributed by atoms with Crippen molar-refractivity contribution < 1.29 is 19.2 Å². The Kier molecular flexibility index (Phi) is 13.6. The van der Waals surface area contributed by atoms with Crippen LogP contribution in [0.5, 0.6) is 0 Å². The lowest BCUT2D eigenvalue weighted by Crippen LogP contribution is -2.54. The monoisotopic (exact) mass is 579 g/mol. The zero-order valence-corrected chi connectivity index (χ0v) is 23.4. The number of thiocarbonyl (C=S) groups is 1. The van der Waals surface area contributed by atoms with Gasteiger partial charge in [-0.2, -0.15) is 0 Å². The molecule has 2 rings (SSSR count). The predicted molar refractivity (Wildman–Crippen MR) is 155 cm³/mol. The van der Waals surface area contributed by atoms with Crippen LogP contribution in [-0.2, 0) is 25.6 Å². The molecule has 1 heterocycles. The minimum Gasteiger partial charge on any atom is -0.369 e. The second-order valence-corrected chi connectivity index (χ2v) is 10.2. The van der Waals surface area contributed by atoms with Crippen LogP contribution in [0.2, 0.25) is 0 Å². The van der Waals surface area contributed by atoms with Gasteiger partial charge < -0.3 is 33.7 Å². The largest absolute Gasteiger partial charge is 0.369 e. The van der Waals surface area contributed by atoms with E-state index >= 15 is 0 Å². The molecule has 0 radical (unpaired) electrons. The average Bonchev–Trinajstić information content (AvgIpc) is 2.86. The highest BCUT2D eigenvalue weighted by Crippen LogP contribution is 2.16. The molecule has 12 N–H and O–H groups in total. The number of primary amides is 4. The van der Waals surface area contributed by atoms with Crippen LogP contribution in [-0.4, -0.2) is 126 Å². The lowest BCUT2D eigenvalue weighted by molar-refractivity contribution is -0.122. The van der Waals surface area contributed by atoms with Crippen molar-refractivity contribution in [2.45, 2.75) is 12.5 Å². The van der Waals surface area contributed by atoms with Gasteiger partial charge in [-0.25, -0.2) is 5.84 Å². The molecule has 1 unspecified atom stereocenters. The molecular formula is C24H41N11O4S. The van der Waals surface area contributed by atoms with Gasteiger partial charge in [-0.15, -0.1) is 0 Å². The summed E-state index contributed by atoms with van der Waals surface area (Å²) >= 11 is 5.04. The summed E-state index contributed by atoms with van der Waals surface area (Å²) < 4.78 is 0. The number of benzene rings is 1. The minimum absolute atomic E-state index is 0.00842. The fourth-order valence-corrected chi connectivity index (χ4v) is 4.75. The summed E-state index contributed by atoms with van der Waals surface area (Å²) in [6.07, 6.45) is 0.517. The Morgan fingerprint density at radius 2 is 1.18 bits per heavy atom. The van der Waals surface area contributed by atoms with Crippen molar-refractivity contribution >= 4 is 46.6 Å². The number of nitrogens with zero attached hydrogens (tertiary/aromatic N) is 4. The molecule has 0 spiro atoms. The molecular weight excluding hydrogens is 538 g/mol. The highest BCUT2D eigenvalue weighted by molar-refractivity contribution is 7.80. The van der Waals surface area contributed by atoms with Crippen molar-refractivity contribution in [1.82, 2.24) is 25.0 Å². The van der Waals surface area contributed by atoms with Crippen LogP contribution in [0.25, 0.3) is 0 Å². The molecule has 1 aliphatic rings. The summed E-state index contributed by atoms with van der Waals surface area (Å²) in [4.78, 5) is 55.1. The summed E-state index contributed by atoms with van der Waals surface area (Å²) in [5.41, 5.74) is 26.2. The Morgan fingerprint density at radius 3 is 1.65 bits per heavy atom. The number of nitrogens with two attached hydrogens (primary N) is 5. The smallest absolute Gasteiger partial charge is 0.231 e. The molecule has 0 aromatic heterocycles. The van der Waals surface area contributed by atoms with Gasteiger partial charge in [0.2, 0.25) is 23.6 Å². The molecule has 0 aliphatic carbocycles. The first-order chi connectivity index (χ1) is 18.9. The number of rotatable bonds is 11. The topological polar surface area (TPSA) is 235 Å². The van der Waals surface area contributed by atoms with E-state index in [1.54, 1.807) is 0 Å². The number of carbonyl (C=O) groups excluding carboxylic acids is 4. The molecule has 0 bridgehead atoms. The van der Waals surface area contributed by atoms with Crippen LogP contribution < -0.4 is 39.5 Å². The van der Waals surface area contributed by atoms with Crippen molar-refractivity contribution in [3.05, 3.63) is 29.8 Å². The lowest BCUT2D eigenvalue weighted by Gasteiger charge is -2.38. The van der Waals surface area contributed by atoms with Crippen molar-refractivity contribution in [3.63, 3.8) is 0 Å². The molecule has 0 saturated carbocycles. The van der Waals surface area contributed by atoms with Gasteiger partial charge in [0.15, 0.2) is 5.11 Å². The normalized spacial score (nSPS) is 18.7. The maximum absolute atomic E-state index is 12.1. The van der Waals surface area contributed by atoms with Crippen LogP contribution in [0, 0.1) is 0 Å². The van der Waals surface area contributed by atoms with Crippen LogP contribution in [0.1, 0.15) is 5.56 Å². The number of amides is 4. The quantitative estimate of drug-likeness (QED) is 0.0753. The van der Waals surface area contributed by atoms with Gasteiger partial charge in [-0.3, -0.25) is 38.8 Å². The van der Waals surface area contributed by atoms with Crippen LogP contribution in [0.3, 0.4) is 0 Å². The van der Waals surface area contributed by atoms with Crippen molar-refractivity contribution in [2.24, 2.45) is 28.8 Å². The Bertz CT molecular complexity index is 1030. The molecule has 16 heteroatoms. The maximum Gasteiger partial charge on any atom is 0.231 e. The van der Waals surface area contributed by atoms with E-state index in [0.717, 1.165) is 11.3 Å². The van der Waals surface area contributed by atoms with Crippen molar-refractivity contribution in [1.29, 1.82) is 0 Å². The van der Waals surface area contributed by atoms with Gasteiger partial charge in [-0.1, -0.05) is 12.1 Å². The molecule has 1 aliphatic heterocycles. The Labute approximate surface area is 239 Å². The minimum atomic E-state index is -0.505. The van der Waals surface area contributed by atoms with Crippen molar-refractivity contribution in [3.8, 4) is 0 Å².